The molecule has 0 radical (unpaired) electrons. The highest BCUT2D eigenvalue weighted by atomic mass is 16.1. The highest BCUT2D eigenvalue weighted by Gasteiger charge is 2.07. The Kier molecular flexibility index (Phi) is 3.28. The van der Waals surface area contributed by atoms with Gasteiger partial charge in [-0.2, -0.15) is 0 Å². The van der Waals surface area contributed by atoms with Crippen LogP contribution < -0.4 is 11.1 Å². The summed E-state index contributed by atoms with van der Waals surface area (Å²) in [6, 6.07) is 8.81. The van der Waals surface area contributed by atoms with Crippen molar-refractivity contribution in [3.63, 3.8) is 0 Å². The number of hydrogen-bond acceptors (Lipinski definition) is 3. The number of aromatic nitrogens is 1. The summed E-state index contributed by atoms with van der Waals surface area (Å²) in [5.41, 5.74) is 9.50. The molecule has 0 atom stereocenters. The van der Waals surface area contributed by atoms with Gasteiger partial charge in [0.25, 0.3) is 5.91 Å². The molecule has 0 unspecified atom stereocenters. The Balaban J connectivity index is 2.19. The molecule has 0 fully saturated rings. The molecule has 2 rings (SSSR count). The number of carbonyl (C=O) groups excluding carboxylic acids is 1. The number of nitrogen functional groups attached to an aromatic ring is 1. The van der Waals surface area contributed by atoms with E-state index in [1.807, 2.05) is 19.9 Å². The number of pyridine rings is 1. The second kappa shape index (κ2) is 4.87. The van der Waals surface area contributed by atoms with E-state index in [0.29, 0.717) is 11.3 Å². The third kappa shape index (κ3) is 2.66. The summed E-state index contributed by atoms with van der Waals surface area (Å²) in [6.07, 6.45) is 1.67. The molecule has 18 heavy (non-hydrogen) atoms. The third-order valence-corrected chi connectivity index (χ3v) is 2.69. The lowest BCUT2D eigenvalue weighted by Crippen LogP contribution is -2.12. The third-order valence-electron chi connectivity index (χ3n) is 2.69. The van der Waals surface area contributed by atoms with Gasteiger partial charge in [-0.25, -0.2) is 0 Å². The van der Waals surface area contributed by atoms with Crippen molar-refractivity contribution >= 4 is 17.3 Å². The predicted molar refractivity (Wildman–Crippen MR) is 72.5 cm³/mol. The molecular formula is C14H15N3O. The Hall–Kier alpha value is -2.36. The van der Waals surface area contributed by atoms with Crippen LogP contribution in [0.25, 0.3) is 0 Å². The molecule has 0 aliphatic rings. The van der Waals surface area contributed by atoms with Crippen molar-refractivity contribution in [3.8, 4) is 0 Å². The predicted octanol–water partition coefficient (Wildman–Crippen LogP) is 2.53. The number of anilines is 2. The first-order valence-corrected chi connectivity index (χ1v) is 5.66. The molecule has 0 bridgehead atoms. The van der Waals surface area contributed by atoms with E-state index in [4.69, 9.17) is 5.73 Å². The van der Waals surface area contributed by atoms with Crippen molar-refractivity contribution in [1.29, 1.82) is 0 Å². The molecule has 1 aromatic carbocycles. The van der Waals surface area contributed by atoms with Gasteiger partial charge in [0.15, 0.2) is 0 Å². The van der Waals surface area contributed by atoms with E-state index in [1.165, 1.54) is 0 Å². The molecule has 4 nitrogen and oxygen atoms in total. The van der Waals surface area contributed by atoms with Crippen LogP contribution in [0.5, 0.6) is 0 Å². The van der Waals surface area contributed by atoms with Gasteiger partial charge in [0.2, 0.25) is 0 Å². The van der Waals surface area contributed by atoms with Crippen LogP contribution in [-0.4, -0.2) is 10.9 Å². The van der Waals surface area contributed by atoms with Gasteiger partial charge >= 0.3 is 0 Å². The number of benzene rings is 1. The summed E-state index contributed by atoms with van der Waals surface area (Å²) in [4.78, 5) is 16.1. The molecule has 0 aliphatic carbocycles. The number of nitrogens with zero attached hydrogens (tertiary/aromatic N) is 1. The van der Waals surface area contributed by atoms with Crippen molar-refractivity contribution in [1.82, 2.24) is 4.98 Å². The highest BCUT2D eigenvalue weighted by molar-refractivity contribution is 6.04. The Bertz CT molecular complexity index is 593. The summed E-state index contributed by atoms with van der Waals surface area (Å²) in [5.74, 6) is -0.149. The Labute approximate surface area is 106 Å². The van der Waals surface area contributed by atoms with Crippen LogP contribution in [-0.2, 0) is 0 Å². The van der Waals surface area contributed by atoms with Gasteiger partial charge in [0, 0.05) is 28.8 Å². The minimum absolute atomic E-state index is 0.149. The lowest BCUT2D eigenvalue weighted by atomic mass is 10.1. The summed E-state index contributed by atoms with van der Waals surface area (Å²) in [5, 5.41) is 2.83. The van der Waals surface area contributed by atoms with Crippen molar-refractivity contribution in [2.24, 2.45) is 0 Å². The maximum absolute atomic E-state index is 12.0. The number of nitrogens with two attached hydrogens (primary N) is 1. The molecule has 0 spiro atoms. The fourth-order valence-electron chi connectivity index (χ4n) is 1.64. The lowest BCUT2D eigenvalue weighted by molar-refractivity contribution is 0.102. The van der Waals surface area contributed by atoms with Crippen LogP contribution in [0.4, 0.5) is 11.4 Å². The van der Waals surface area contributed by atoms with Crippen molar-refractivity contribution in [2.45, 2.75) is 13.8 Å². The molecule has 4 heteroatoms. The van der Waals surface area contributed by atoms with Gasteiger partial charge in [0.05, 0.1) is 0 Å². The van der Waals surface area contributed by atoms with Gasteiger partial charge in [-0.3, -0.25) is 9.78 Å². The fraction of sp³-hybridized carbons (Fsp3) is 0.143. The molecule has 1 heterocycles. The summed E-state index contributed by atoms with van der Waals surface area (Å²) < 4.78 is 0. The van der Waals surface area contributed by atoms with Crippen LogP contribution in [0.2, 0.25) is 0 Å². The fourth-order valence-corrected chi connectivity index (χ4v) is 1.64. The normalized spacial score (nSPS) is 10.1. The number of aryl methyl sites for hydroxylation is 2. The SMILES string of the molecule is Cc1cc(NC(=O)c2ccc(N)c(C)c2)ccn1. The number of hydrogen-bond donors (Lipinski definition) is 2. The molecule has 0 aliphatic heterocycles. The molecular weight excluding hydrogens is 226 g/mol. The summed E-state index contributed by atoms with van der Waals surface area (Å²) in [7, 11) is 0. The molecule has 92 valence electrons. The molecule has 3 N–H and O–H groups in total. The second-order valence-electron chi connectivity index (χ2n) is 4.21. The molecule has 0 saturated heterocycles. The van der Waals surface area contributed by atoms with E-state index in [-0.39, 0.29) is 5.91 Å². The largest absolute Gasteiger partial charge is 0.399 e. The molecule has 1 aromatic heterocycles. The molecule has 1 amide bonds. The van der Waals surface area contributed by atoms with Crippen LogP contribution >= 0.6 is 0 Å². The van der Waals surface area contributed by atoms with Crippen molar-refractivity contribution in [2.75, 3.05) is 11.1 Å². The number of rotatable bonds is 2. The second-order valence-corrected chi connectivity index (χ2v) is 4.21. The zero-order valence-electron chi connectivity index (χ0n) is 10.4. The van der Waals surface area contributed by atoms with E-state index in [2.05, 4.69) is 10.3 Å². The average molecular weight is 241 g/mol. The first kappa shape index (κ1) is 12.1. The first-order valence-electron chi connectivity index (χ1n) is 5.66. The average Bonchev–Trinajstić information content (AvgIpc) is 2.32. The molecule has 2 aromatic rings. The van der Waals surface area contributed by atoms with E-state index < -0.39 is 0 Å². The van der Waals surface area contributed by atoms with Gasteiger partial charge in [-0.1, -0.05) is 0 Å². The molecule has 0 saturated carbocycles. The zero-order valence-corrected chi connectivity index (χ0v) is 10.4. The highest BCUT2D eigenvalue weighted by Crippen LogP contribution is 2.15. The lowest BCUT2D eigenvalue weighted by Gasteiger charge is -2.07. The topological polar surface area (TPSA) is 68.0 Å². The van der Waals surface area contributed by atoms with Crippen LogP contribution in [0.3, 0.4) is 0 Å². The zero-order chi connectivity index (χ0) is 13.1. The first-order chi connectivity index (χ1) is 8.56. The van der Waals surface area contributed by atoms with Gasteiger partial charge in [-0.15, -0.1) is 0 Å². The van der Waals surface area contributed by atoms with E-state index in [1.54, 1.807) is 30.5 Å². The van der Waals surface area contributed by atoms with Crippen molar-refractivity contribution < 1.29 is 4.79 Å². The maximum Gasteiger partial charge on any atom is 0.255 e. The van der Waals surface area contributed by atoms with Crippen LogP contribution in [0, 0.1) is 13.8 Å². The monoisotopic (exact) mass is 241 g/mol. The summed E-state index contributed by atoms with van der Waals surface area (Å²) in [6.45, 7) is 3.76. The standard InChI is InChI=1S/C14H15N3O/c1-9-7-11(3-4-13(9)15)14(18)17-12-5-6-16-10(2)8-12/h3-8H,15H2,1-2H3,(H,16,17,18). The van der Waals surface area contributed by atoms with Crippen molar-refractivity contribution in [3.05, 3.63) is 53.3 Å². The van der Waals surface area contributed by atoms with Gasteiger partial charge in [-0.05, 0) is 49.7 Å². The minimum atomic E-state index is -0.149. The van der Waals surface area contributed by atoms with Crippen LogP contribution in [0.1, 0.15) is 21.6 Å². The van der Waals surface area contributed by atoms with E-state index >= 15 is 0 Å². The maximum atomic E-state index is 12.0. The van der Waals surface area contributed by atoms with E-state index in [0.717, 1.165) is 16.9 Å². The number of nitrogens with one attached hydrogen (secondary N) is 1. The Morgan fingerprint density at radius 3 is 2.67 bits per heavy atom. The Morgan fingerprint density at radius 1 is 1.22 bits per heavy atom. The van der Waals surface area contributed by atoms with Gasteiger partial charge in [0.1, 0.15) is 0 Å². The Morgan fingerprint density at radius 2 is 2.00 bits per heavy atom. The van der Waals surface area contributed by atoms with Crippen LogP contribution in [0.15, 0.2) is 36.5 Å². The quantitative estimate of drug-likeness (QED) is 0.794. The number of amides is 1. The van der Waals surface area contributed by atoms with Gasteiger partial charge < -0.3 is 11.1 Å². The van der Waals surface area contributed by atoms with E-state index in [9.17, 15) is 4.79 Å². The number of carbonyl (C=O) groups is 1. The summed E-state index contributed by atoms with van der Waals surface area (Å²) >= 11 is 0. The smallest absolute Gasteiger partial charge is 0.255 e. The minimum Gasteiger partial charge on any atom is -0.399 e.